The van der Waals surface area contributed by atoms with Crippen molar-refractivity contribution < 1.29 is 24.2 Å². The van der Waals surface area contributed by atoms with Crippen molar-refractivity contribution in [2.24, 2.45) is 23.5 Å². The maximum Gasteiger partial charge on any atom is 0.348 e. The van der Waals surface area contributed by atoms with Crippen molar-refractivity contribution in [2.75, 3.05) is 4.90 Å². The van der Waals surface area contributed by atoms with Gasteiger partial charge in [0.15, 0.2) is 0 Å². The van der Waals surface area contributed by atoms with E-state index < -0.39 is 12.0 Å². The first kappa shape index (κ1) is 28.6. The fourth-order valence-electron chi connectivity index (χ4n) is 5.22. The molecule has 1 aromatic rings. The Hall–Kier alpha value is -1.93. The highest BCUT2D eigenvalue weighted by Crippen LogP contribution is 2.42. The van der Waals surface area contributed by atoms with Crippen LogP contribution in [0.2, 0.25) is 0 Å². The zero-order valence-corrected chi connectivity index (χ0v) is 23.5. The molecule has 3 N–H and O–H groups in total. The zero-order chi connectivity index (χ0) is 26.8. The van der Waals surface area contributed by atoms with Crippen LogP contribution in [0.3, 0.4) is 0 Å². The second-order valence-corrected chi connectivity index (χ2v) is 13.2. The predicted octanol–water partition coefficient (Wildman–Crippen LogP) is 5.74. The quantitative estimate of drug-likeness (QED) is 0.444. The zero-order valence-electron chi connectivity index (χ0n) is 22.7. The Morgan fingerprint density at radius 2 is 1.64 bits per heavy atom. The fourth-order valence-corrected chi connectivity index (χ4v) is 6.26. The van der Waals surface area contributed by atoms with Crippen LogP contribution >= 0.6 is 11.3 Å². The molecule has 1 aromatic heterocycles. The Kier molecular flexibility index (Phi) is 9.25. The number of nitrogens with two attached hydrogens (primary N) is 1. The number of aromatic carboxylic acids is 1. The molecule has 2 saturated carbocycles. The Morgan fingerprint density at radius 3 is 2.14 bits per heavy atom. The van der Waals surface area contributed by atoms with Crippen molar-refractivity contribution in [1.82, 2.24) is 0 Å². The fraction of sp³-hybridized carbons (Fsp3) is 0.750. The SMILES string of the molecule is CC1CCC(C(=O)N(c2cc(C(C)(C)C)sc2C(=O)O)C2CCC(OC(=O)[C@H](N)C(C)C)CC2)CC1. The van der Waals surface area contributed by atoms with Gasteiger partial charge in [0.25, 0.3) is 0 Å². The molecule has 1 heterocycles. The van der Waals surface area contributed by atoms with Crippen molar-refractivity contribution in [1.29, 1.82) is 0 Å². The van der Waals surface area contributed by atoms with Crippen LogP contribution in [0.5, 0.6) is 0 Å². The average Bonchev–Trinajstić information content (AvgIpc) is 3.26. The Morgan fingerprint density at radius 1 is 1.06 bits per heavy atom. The minimum absolute atomic E-state index is 0.00482. The third kappa shape index (κ3) is 6.68. The van der Waals surface area contributed by atoms with E-state index in [0.29, 0.717) is 37.3 Å². The Bertz CT molecular complexity index is 934. The molecule has 0 aliphatic heterocycles. The van der Waals surface area contributed by atoms with Crippen LogP contribution < -0.4 is 10.6 Å². The molecule has 202 valence electrons. The van der Waals surface area contributed by atoms with Crippen molar-refractivity contribution in [2.45, 2.75) is 117 Å². The van der Waals surface area contributed by atoms with Crippen LogP contribution in [-0.4, -0.2) is 41.1 Å². The van der Waals surface area contributed by atoms with Crippen LogP contribution in [0.1, 0.15) is 107 Å². The number of carboxylic acid groups (broad SMARTS) is 1. The van der Waals surface area contributed by atoms with E-state index >= 15 is 0 Å². The van der Waals surface area contributed by atoms with Crippen LogP contribution in [0.15, 0.2) is 6.07 Å². The summed E-state index contributed by atoms with van der Waals surface area (Å²) in [5.74, 6) is -0.784. The molecule has 2 aliphatic rings. The third-order valence-electron chi connectivity index (χ3n) is 7.79. The molecule has 0 radical (unpaired) electrons. The van der Waals surface area contributed by atoms with E-state index in [9.17, 15) is 19.5 Å². The van der Waals surface area contributed by atoms with E-state index in [1.54, 1.807) is 0 Å². The van der Waals surface area contributed by atoms with Gasteiger partial charge in [0.05, 0.1) is 5.69 Å². The van der Waals surface area contributed by atoms with Gasteiger partial charge in [-0.2, -0.15) is 0 Å². The molecule has 1 amide bonds. The van der Waals surface area contributed by atoms with Crippen molar-refractivity contribution in [3.63, 3.8) is 0 Å². The van der Waals surface area contributed by atoms with E-state index in [4.69, 9.17) is 10.5 Å². The molecule has 0 saturated heterocycles. The first-order valence-corrected chi connectivity index (χ1v) is 14.3. The lowest BCUT2D eigenvalue weighted by atomic mass is 9.81. The van der Waals surface area contributed by atoms with Crippen LogP contribution in [0.4, 0.5) is 5.69 Å². The number of ether oxygens (including phenoxy) is 1. The van der Waals surface area contributed by atoms with E-state index in [2.05, 4.69) is 27.7 Å². The van der Waals surface area contributed by atoms with Crippen LogP contribution in [0, 0.1) is 17.8 Å². The Labute approximate surface area is 219 Å². The second-order valence-electron chi connectivity index (χ2n) is 12.2. The summed E-state index contributed by atoms with van der Waals surface area (Å²) in [4.78, 5) is 41.7. The number of carboxylic acids is 1. The lowest BCUT2D eigenvalue weighted by molar-refractivity contribution is -0.153. The summed E-state index contributed by atoms with van der Waals surface area (Å²) in [7, 11) is 0. The van der Waals surface area contributed by atoms with E-state index in [-0.39, 0.29) is 46.2 Å². The molecule has 1 atom stereocenters. The number of carbonyl (C=O) groups excluding carboxylic acids is 2. The lowest BCUT2D eigenvalue weighted by Gasteiger charge is -2.39. The number of hydrogen-bond acceptors (Lipinski definition) is 6. The summed E-state index contributed by atoms with van der Waals surface area (Å²) in [6, 6.07) is 1.16. The van der Waals surface area contributed by atoms with Gasteiger partial charge >= 0.3 is 11.9 Å². The van der Waals surface area contributed by atoms with Crippen LogP contribution in [0.25, 0.3) is 0 Å². The van der Waals surface area contributed by atoms with Gasteiger partial charge in [0.1, 0.15) is 17.0 Å². The summed E-state index contributed by atoms with van der Waals surface area (Å²) in [5, 5.41) is 10.1. The van der Waals surface area contributed by atoms with Gasteiger partial charge in [-0.25, -0.2) is 4.79 Å². The number of carbonyl (C=O) groups is 3. The summed E-state index contributed by atoms with van der Waals surface area (Å²) in [6.45, 7) is 12.2. The summed E-state index contributed by atoms with van der Waals surface area (Å²) in [5.41, 5.74) is 6.27. The van der Waals surface area contributed by atoms with E-state index in [1.807, 2.05) is 24.8 Å². The van der Waals surface area contributed by atoms with E-state index in [0.717, 1.165) is 30.6 Å². The minimum atomic E-state index is -0.995. The highest BCUT2D eigenvalue weighted by molar-refractivity contribution is 7.14. The summed E-state index contributed by atoms with van der Waals surface area (Å²) >= 11 is 1.27. The second kappa shape index (κ2) is 11.6. The average molecular weight is 521 g/mol. The first-order chi connectivity index (χ1) is 16.8. The topological polar surface area (TPSA) is 110 Å². The highest BCUT2D eigenvalue weighted by Gasteiger charge is 2.39. The van der Waals surface area contributed by atoms with Crippen molar-refractivity contribution in [3.8, 4) is 0 Å². The molecule has 3 rings (SSSR count). The van der Waals surface area contributed by atoms with Crippen molar-refractivity contribution in [3.05, 3.63) is 15.8 Å². The number of hydrogen-bond donors (Lipinski definition) is 2. The molecule has 36 heavy (non-hydrogen) atoms. The monoisotopic (exact) mass is 520 g/mol. The Balaban J connectivity index is 1.86. The maximum atomic E-state index is 14.0. The van der Waals surface area contributed by atoms with E-state index in [1.165, 1.54) is 11.3 Å². The van der Waals surface area contributed by atoms with Gasteiger partial charge in [-0.1, -0.05) is 41.5 Å². The molecule has 8 heteroatoms. The molecule has 0 spiro atoms. The number of nitrogens with zero attached hydrogens (tertiary/aromatic N) is 1. The molecule has 0 unspecified atom stereocenters. The number of amides is 1. The number of thiophene rings is 1. The number of rotatable bonds is 7. The summed E-state index contributed by atoms with van der Waals surface area (Å²) in [6.07, 6.45) is 6.07. The normalized spacial score (nSPS) is 25.9. The molecule has 7 nitrogen and oxygen atoms in total. The van der Waals surface area contributed by atoms with Gasteiger partial charge in [0, 0.05) is 16.8 Å². The first-order valence-electron chi connectivity index (χ1n) is 13.5. The van der Waals surface area contributed by atoms with Gasteiger partial charge < -0.3 is 20.5 Å². The molecule has 2 fully saturated rings. The van der Waals surface area contributed by atoms with Crippen LogP contribution in [-0.2, 0) is 19.7 Å². The molecule has 2 aliphatic carbocycles. The molecule has 0 aromatic carbocycles. The minimum Gasteiger partial charge on any atom is -0.477 e. The predicted molar refractivity (Wildman–Crippen MR) is 144 cm³/mol. The molecular weight excluding hydrogens is 476 g/mol. The van der Waals surface area contributed by atoms with Gasteiger partial charge in [-0.05, 0) is 74.7 Å². The van der Waals surface area contributed by atoms with Crippen molar-refractivity contribution >= 4 is 34.9 Å². The molecular formula is C28H44N2O5S. The maximum absolute atomic E-state index is 14.0. The smallest absolute Gasteiger partial charge is 0.348 e. The lowest BCUT2D eigenvalue weighted by Crippen LogP contribution is -2.48. The highest BCUT2D eigenvalue weighted by atomic mass is 32.1. The van der Waals surface area contributed by atoms with Gasteiger partial charge in [-0.15, -0.1) is 11.3 Å². The van der Waals surface area contributed by atoms with Gasteiger partial charge in [0.2, 0.25) is 5.91 Å². The number of esters is 1. The number of anilines is 1. The van der Waals surface area contributed by atoms with Gasteiger partial charge in [-0.3, -0.25) is 9.59 Å². The standard InChI is InChI=1S/C28H44N2O5S/c1-16(2)23(29)27(34)35-20-13-11-19(12-14-20)30(25(31)18-9-7-17(3)8-10-18)21-15-22(28(4,5)6)36-24(21)26(32)33/h15-20,23H,7-14,29H2,1-6H3,(H,32,33)/t17?,18?,19?,20?,23-/m1/s1. The largest absolute Gasteiger partial charge is 0.477 e. The molecule has 0 bridgehead atoms. The summed E-state index contributed by atoms with van der Waals surface area (Å²) < 4.78 is 5.69. The third-order valence-corrected chi connectivity index (χ3v) is 9.33.